The summed E-state index contributed by atoms with van der Waals surface area (Å²) in [6.07, 6.45) is 5.73. The number of hydrogen-bond acceptors (Lipinski definition) is 5. The predicted octanol–water partition coefficient (Wildman–Crippen LogP) is 1.22. The Morgan fingerprint density at radius 3 is 2.92 bits per heavy atom. The molecule has 2 aromatic rings. The summed E-state index contributed by atoms with van der Waals surface area (Å²) in [7, 11) is -4.21. The number of fused-ring (bicyclic) bond motifs is 3. The normalized spacial score (nSPS) is 30.2. The van der Waals surface area contributed by atoms with E-state index in [9.17, 15) is 13.4 Å². The smallest absolute Gasteiger partial charge is 0.531 e. The minimum absolute atomic E-state index is 0.0927. The first-order valence-corrected chi connectivity index (χ1v) is 10.1. The van der Waals surface area contributed by atoms with Crippen LogP contribution >= 0.6 is 0 Å². The molecule has 3 heterocycles. The van der Waals surface area contributed by atoms with Crippen molar-refractivity contribution in [1.82, 2.24) is 14.7 Å². The van der Waals surface area contributed by atoms with Crippen LogP contribution in [0.15, 0.2) is 24.4 Å². The molecule has 2 bridgehead atoms. The van der Waals surface area contributed by atoms with Crippen molar-refractivity contribution < 1.29 is 18.1 Å². The molecule has 0 unspecified atom stereocenters. The van der Waals surface area contributed by atoms with Gasteiger partial charge in [-0.1, -0.05) is 0 Å². The lowest BCUT2D eigenvalue weighted by molar-refractivity contribution is -0.0924. The van der Waals surface area contributed by atoms with Crippen molar-refractivity contribution in [2.75, 3.05) is 5.75 Å². The summed E-state index contributed by atoms with van der Waals surface area (Å²) in [6, 6.07) is 1.96. The van der Waals surface area contributed by atoms with Crippen LogP contribution < -0.4 is 9.38 Å². The van der Waals surface area contributed by atoms with E-state index >= 15 is 0 Å². The Hall–Kier alpha value is -1.84. The molecule has 3 aliphatic carbocycles. The van der Waals surface area contributed by atoms with Gasteiger partial charge in [0.05, 0.1) is 11.9 Å². The van der Waals surface area contributed by atoms with E-state index in [1.54, 1.807) is 19.1 Å². The van der Waals surface area contributed by atoms with E-state index in [1.807, 2.05) is 12.3 Å². The summed E-state index contributed by atoms with van der Waals surface area (Å²) >= 11 is 0. The fourth-order valence-electron chi connectivity index (χ4n) is 4.77. The molecule has 3 N–H and O–H groups in total. The van der Waals surface area contributed by atoms with E-state index in [4.69, 9.17) is 4.65 Å². The second-order valence-electron chi connectivity index (χ2n) is 7.42. The lowest BCUT2D eigenvalue weighted by atomic mass is 9.36. The average molecular weight is 359 g/mol. The van der Waals surface area contributed by atoms with Crippen molar-refractivity contribution >= 4 is 33.7 Å². The number of aromatic nitrogens is 2. The molecule has 0 atom stereocenters. The molecule has 3 saturated carbocycles. The zero-order valence-corrected chi connectivity index (χ0v) is 14.6. The van der Waals surface area contributed by atoms with Gasteiger partial charge in [0.1, 0.15) is 11.4 Å². The van der Waals surface area contributed by atoms with Crippen LogP contribution in [-0.4, -0.2) is 41.8 Å². The Kier molecular flexibility index (Phi) is 2.87. The fourth-order valence-corrected chi connectivity index (χ4v) is 5.79. The van der Waals surface area contributed by atoms with Crippen molar-refractivity contribution in [3.05, 3.63) is 30.0 Å². The monoisotopic (exact) mass is 359 g/mol. The summed E-state index contributed by atoms with van der Waals surface area (Å²) in [5, 5.41) is 11.1. The van der Waals surface area contributed by atoms with Crippen molar-refractivity contribution in [3.63, 3.8) is 0 Å². The van der Waals surface area contributed by atoms with Gasteiger partial charge in [-0.3, -0.25) is 0 Å². The lowest BCUT2D eigenvalue weighted by Gasteiger charge is -2.71. The van der Waals surface area contributed by atoms with Crippen molar-refractivity contribution in [2.24, 2.45) is 5.41 Å². The molecule has 2 aromatic heterocycles. The summed E-state index contributed by atoms with van der Waals surface area (Å²) in [5.74, 6) is 2.42. The molecular formula is C16H18BN3O4S. The molecular weight excluding hydrogens is 341 g/mol. The first-order valence-electron chi connectivity index (χ1n) is 8.41. The van der Waals surface area contributed by atoms with E-state index < -0.39 is 17.1 Å². The summed E-state index contributed by atoms with van der Waals surface area (Å²) < 4.78 is 32.2. The molecule has 4 aliphatic rings. The quantitative estimate of drug-likeness (QED) is 0.712. The number of hydrogen-bond donors (Lipinski definition) is 3. The zero-order valence-electron chi connectivity index (χ0n) is 13.7. The van der Waals surface area contributed by atoms with Gasteiger partial charge in [-0.15, -0.1) is 0 Å². The minimum Gasteiger partial charge on any atom is -0.531 e. The van der Waals surface area contributed by atoms with Crippen LogP contribution in [0.1, 0.15) is 31.7 Å². The highest BCUT2D eigenvalue weighted by Crippen LogP contribution is 2.73. The zero-order chi connectivity index (χ0) is 17.4. The van der Waals surface area contributed by atoms with Crippen molar-refractivity contribution in [1.29, 1.82) is 0 Å². The number of rotatable bonds is 4. The van der Waals surface area contributed by atoms with Crippen LogP contribution in [0.3, 0.4) is 0 Å². The lowest BCUT2D eigenvalue weighted by Crippen LogP contribution is -2.75. The van der Waals surface area contributed by atoms with Gasteiger partial charge < -0.3 is 14.7 Å². The van der Waals surface area contributed by atoms with Gasteiger partial charge in [0.25, 0.3) is 0 Å². The molecule has 3 fully saturated rings. The van der Waals surface area contributed by atoms with Crippen molar-refractivity contribution in [3.8, 4) is 5.75 Å². The largest absolute Gasteiger partial charge is 0.552 e. The summed E-state index contributed by atoms with van der Waals surface area (Å²) in [5.41, 5.74) is 2.37. The van der Waals surface area contributed by atoms with Crippen LogP contribution in [-0.2, 0) is 10.0 Å². The van der Waals surface area contributed by atoms with Gasteiger partial charge in [-0.25, -0.2) is 18.1 Å². The molecule has 7 nitrogen and oxygen atoms in total. The fraction of sp³-hybridized carbons (Fsp3) is 0.438. The molecule has 25 heavy (non-hydrogen) atoms. The van der Waals surface area contributed by atoms with Gasteiger partial charge in [0.15, 0.2) is 0 Å². The van der Waals surface area contributed by atoms with Crippen LogP contribution in [0.5, 0.6) is 5.75 Å². The molecule has 0 aromatic carbocycles. The third kappa shape index (κ3) is 2.06. The average Bonchev–Trinajstić information content (AvgIpc) is 2.97. The van der Waals surface area contributed by atoms with Crippen LogP contribution in [0.4, 0.5) is 0 Å². The summed E-state index contributed by atoms with van der Waals surface area (Å²) in [4.78, 5) is 7.42. The Labute approximate surface area is 145 Å². The van der Waals surface area contributed by atoms with E-state index in [2.05, 4.69) is 14.7 Å². The highest BCUT2D eigenvalue weighted by Gasteiger charge is 2.70. The second kappa shape index (κ2) is 4.66. The molecule has 1 aliphatic heterocycles. The van der Waals surface area contributed by atoms with Crippen molar-refractivity contribution in [2.45, 2.75) is 31.7 Å². The van der Waals surface area contributed by atoms with E-state index in [-0.39, 0.29) is 16.7 Å². The number of aromatic amines is 1. The van der Waals surface area contributed by atoms with Gasteiger partial charge in [0, 0.05) is 28.1 Å². The number of nitrogens with one attached hydrogen (secondary N) is 2. The first kappa shape index (κ1) is 15.4. The third-order valence-electron chi connectivity index (χ3n) is 5.73. The standard InChI is InChI=1S/C16H18BN3O4S/c1-2-25(22,23)20-16-7-15(8-16,9-16)11-5-17(21)24-12-6-19-14-10(13(11)12)3-4-18-14/h3-6,20-21H,2,7-9H2,1H3,(H,18,19). The molecule has 0 amide bonds. The Balaban J connectivity index is 1.52. The highest BCUT2D eigenvalue weighted by molar-refractivity contribution is 7.89. The van der Waals surface area contributed by atoms with Crippen LogP contribution in [0.2, 0.25) is 0 Å². The molecule has 130 valence electrons. The maximum absolute atomic E-state index is 11.9. The van der Waals surface area contributed by atoms with Crippen LogP contribution in [0, 0.1) is 5.41 Å². The number of pyridine rings is 1. The number of nitrogens with zero attached hydrogens (tertiary/aromatic N) is 1. The molecule has 0 spiro atoms. The van der Waals surface area contributed by atoms with Gasteiger partial charge in [-0.05, 0) is 43.8 Å². The summed E-state index contributed by atoms with van der Waals surface area (Å²) in [6.45, 7) is 1.65. The SMILES string of the molecule is CCS(=O)(=O)NC12CC(C3=CB(O)Oc4cnc5[nH]ccc5c43)(C1)C2. The Morgan fingerprint density at radius 2 is 2.20 bits per heavy atom. The maximum atomic E-state index is 11.9. The number of H-pyrrole nitrogens is 1. The number of allylic oxidation sites excluding steroid dienone is 1. The highest BCUT2D eigenvalue weighted by atomic mass is 32.2. The maximum Gasteiger partial charge on any atom is 0.552 e. The first-order chi connectivity index (χ1) is 11.9. The van der Waals surface area contributed by atoms with Gasteiger partial charge >= 0.3 is 7.12 Å². The molecule has 0 radical (unpaired) electrons. The van der Waals surface area contributed by atoms with Gasteiger partial charge in [0.2, 0.25) is 10.0 Å². The second-order valence-corrected chi connectivity index (χ2v) is 9.43. The topological polar surface area (TPSA) is 104 Å². The number of sulfonamides is 1. The Morgan fingerprint density at radius 1 is 1.44 bits per heavy atom. The predicted molar refractivity (Wildman–Crippen MR) is 94.3 cm³/mol. The molecule has 9 heteroatoms. The van der Waals surface area contributed by atoms with Gasteiger partial charge in [-0.2, -0.15) is 0 Å². The van der Waals surface area contributed by atoms with Crippen LogP contribution in [0.25, 0.3) is 16.6 Å². The molecule has 6 rings (SSSR count). The van der Waals surface area contributed by atoms with E-state index in [1.165, 1.54) is 0 Å². The molecule has 0 saturated heterocycles. The third-order valence-corrected chi connectivity index (χ3v) is 7.24. The van der Waals surface area contributed by atoms with E-state index in [0.29, 0.717) is 5.75 Å². The Bertz CT molecular complexity index is 1010. The minimum atomic E-state index is -3.21. The van der Waals surface area contributed by atoms with E-state index in [0.717, 1.165) is 41.4 Å².